The van der Waals surface area contributed by atoms with Crippen molar-refractivity contribution in [3.05, 3.63) is 48.9 Å². The van der Waals surface area contributed by atoms with E-state index in [0.717, 1.165) is 0 Å². The summed E-state index contributed by atoms with van der Waals surface area (Å²) in [5.74, 6) is 0.135. The Labute approximate surface area is 66.6 Å². The van der Waals surface area contributed by atoms with Gasteiger partial charge in [-0.25, -0.2) is 0 Å². The van der Waals surface area contributed by atoms with Gasteiger partial charge in [0.15, 0.2) is 0 Å². The molecule has 0 amide bonds. The predicted molar refractivity (Wildman–Crippen MR) is 48.7 cm³/mol. The summed E-state index contributed by atoms with van der Waals surface area (Å²) in [5, 5.41) is 9.01. The lowest BCUT2D eigenvalue weighted by Gasteiger charge is -1.83. The zero-order valence-electron chi connectivity index (χ0n) is 6.27. The number of rotatable bonds is 4. The van der Waals surface area contributed by atoms with E-state index >= 15 is 0 Å². The Bertz CT molecular complexity index is 212. The minimum absolute atomic E-state index is 0.135. The first-order chi connectivity index (χ1) is 5.31. The Morgan fingerprint density at radius 3 is 2.64 bits per heavy atom. The van der Waals surface area contributed by atoms with Crippen LogP contribution in [0.4, 0.5) is 0 Å². The summed E-state index contributed by atoms with van der Waals surface area (Å²) < 4.78 is 0. The Balaban J connectivity index is 3.99. The van der Waals surface area contributed by atoms with Crippen LogP contribution in [0.5, 0.6) is 0 Å². The number of hydrogen-bond acceptors (Lipinski definition) is 2. The number of nitrogens with zero attached hydrogens (tertiary/aromatic N) is 1. The lowest BCUT2D eigenvalue weighted by molar-refractivity contribution is 0.432. The molecule has 0 aliphatic rings. The lowest BCUT2D eigenvalue weighted by Crippen LogP contribution is -1.69. The second kappa shape index (κ2) is 6.55. The maximum Gasteiger partial charge on any atom is 0.117 e. The average molecular weight is 149 g/mol. The van der Waals surface area contributed by atoms with Crippen molar-refractivity contribution in [2.45, 2.75) is 0 Å². The molecular weight excluding hydrogens is 138 g/mol. The van der Waals surface area contributed by atoms with Crippen LogP contribution in [0, 0.1) is 0 Å². The minimum atomic E-state index is 0.135. The van der Waals surface area contributed by atoms with E-state index in [4.69, 9.17) is 5.11 Å². The van der Waals surface area contributed by atoms with Gasteiger partial charge < -0.3 is 5.11 Å². The number of hydrogen-bond donors (Lipinski definition) is 1. The van der Waals surface area contributed by atoms with Gasteiger partial charge in [-0.15, -0.1) is 0 Å². The van der Waals surface area contributed by atoms with Crippen LogP contribution in [0.25, 0.3) is 0 Å². The number of aliphatic hydroxyl groups excluding tert-OH is 1. The number of aliphatic hydroxyl groups is 1. The normalized spacial score (nSPS) is 12.5. The van der Waals surface area contributed by atoms with Gasteiger partial charge in [0.2, 0.25) is 0 Å². The molecule has 0 rings (SSSR count). The molecule has 0 saturated carbocycles. The summed E-state index contributed by atoms with van der Waals surface area (Å²) >= 11 is 0. The molecule has 0 aliphatic heterocycles. The van der Waals surface area contributed by atoms with Crippen LogP contribution in [0.2, 0.25) is 0 Å². The first kappa shape index (κ1) is 9.43. The van der Waals surface area contributed by atoms with E-state index in [1.807, 2.05) is 0 Å². The Hall–Kier alpha value is -1.57. The smallest absolute Gasteiger partial charge is 0.117 e. The van der Waals surface area contributed by atoms with Crippen molar-refractivity contribution in [3.63, 3.8) is 0 Å². The Morgan fingerprint density at radius 2 is 2.09 bits per heavy atom. The Morgan fingerprint density at radius 1 is 1.36 bits per heavy atom. The highest BCUT2D eigenvalue weighted by Crippen LogP contribution is 1.91. The molecule has 0 aromatic rings. The van der Waals surface area contributed by atoms with Crippen molar-refractivity contribution >= 4 is 6.72 Å². The van der Waals surface area contributed by atoms with Crippen LogP contribution < -0.4 is 0 Å². The van der Waals surface area contributed by atoms with Crippen LogP contribution in [0.1, 0.15) is 0 Å². The van der Waals surface area contributed by atoms with E-state index in [1.54, 1.807) is 18.2 Å². The molecule has 2 heteroatoms. The zero-order chi connectivity index (χ0) is 8.53. The van der Waals surface area contributed by atoms with Gasteiger partial charge in [0.25, 0.3) is 0 Å². The quantitative estimate of drug-likeness (QED) is 0.371. The summed E-state index contributed by atoms with van der Waals surface area (Å²) in [7, 11) is 0. The van der Waals surface area contributed by atoms with E-state index in [1.165, 1.54) is 18.4 Å². The van der Waals surface area contributed by atoms with Gasteiger partial charge in [-0.1, -0.05) is 24.8 Å². The minimum Gasteiger partial charge on any atom is -0.508 e. The summed E-state index contributed by atoms with van der Waals surface area (Å²) in [6.07, 6.45) is 9.40. The molecule has 58 valence electrons. The molecular formula is C9H11NO. The second-order valence-corrected chi connectivity index (χ2v) is 1.71. The third-order valence-electron chi connectivity index (χ3n) is 0.865. The molecule has 0 heterocycles. The van der Waals surface area contributed by atoms with Gasteiger partial charge in [0.05, 0.1) is 0 Å². The highest BCUT2D eigenvalue weighted by molar-refractivity contribution is 5.27. The first-order valence-corrected chi connectivity index (χ1v) is 3.12. The average Bonchev–Trinajstić information content (AvgIpc) is 2.01. The van der Waals surface area contributed by atoms with E-state index in [9.17, 15) is 0 Å². The fraction of sp³-hybridized carbons (Fsp3) is 0. The van der Waals surface area contributed by atoms with E-state index in [2.05, 4.69) is 18.3 Å². The molecule has 0 fully saturated rings. The summed E-state index contributed by atoms with van der Waals surface area (Å²) in [5.41, 5.74) is 0. The lowest BCUT2D eigenvalue weighted by atomic mass is 10.4. The number of aliphatic imine (C=N–C) groups is 1. The molecule has 0 aliphatic carbocycles. The third-order valence-corrected chi connectivity index (χ3v) is 0.865. The van der Waals surface area contributed by atoms with Crippen molar-refractivity contribution < 1.29 is 5.11 Å². The van der Waals surface area contributed by atoms with E-state index in [0.29, 0.717) is 0 Å². The molecule has 0 atom stereocenters. The molecule has 0 saturated heterocycles. The molecule has 0 unspecified atom stereocenters. The van der Waals surface area contributed by atoms with Crippen LogP contribution in [-0.4, -0.2) is 11.8 Å². The fourth-order valence-corrected chi connectivity index (χ4v) is 0.417. The summed E-state index contributed by atoms with van der Waals surface area (Å²) in [6, 6.07) is 0. The third kappa shape index (κ3) is 6.31. The van der Waals surface area contributed by atoms with Crippen molar-refractivity contribution in [1.29, 1.82) is 0 Å². The summed E-state index contributed by atoms with van der Waals surface area (Å²) in [4.78, 5) is 3.43. The predicted octanol–water partition coefficient (Wildman–Crippen LogP) is 2.38. The molecule has 0 aromatic heterocycles. The van der Waals surface area contributed by atoms with Crippen LogP contribution in [0.3, 0.4) is 0 Å². The monoisotopic (exact) mass is 149 g/mol. The summed E-state index contributed by atoms with van der Waals surface area (Å²) in [6.45, 7) is 6.70. The SMILES string of the molecule is C=C/C=C/C=C(O)\C=C\N=C. The standard InChI is InChI=1S/C9H11NO/c1-3-4-5-6-9(11)7-8-10-2/h3-8,11H,1-2H2/b5-4+,8-7+,9-6+. The highest BCUT2D eigenvalue weighted by atomic mass is 16.3. The highest BCUT2D eigenvalue weighted by Gasteiger charge is 1.77. The topological polar surface area (TPSA) is 32.6 Å². The maximum absolute atomic E-state index is 9.01. The fourth-order valence-electron chi connectivity index (χ4n) is 0.417. The van der Waals surface area contributed by atoms with Crippen LogP contribution >= 0.6 is 0 Å². The molecule has 0 spiro atoms. The van der Waals surface area contributed by atoms with Gasteiger partial charge in [-0.2, -0.15) is 0 Å². The van der Waals surface area contributed by atoms with Crippen molar-refractivity contribution in [3.8, 4) is 0 Å². The van der Waals surface area contributed by atoms with Crippen molar-refractivity contribution in [1.82, 2.24) is 0 Å². The Kier molecular flexibility index (Phi) is 5.61. The van der Waals surface area contributed by atoms with E-state index < -0.39 is 0 Å². The molecule has 2 nitrogen and oxygen atoms in total. The van der Waals surface area contributed by atoms with Crippen molar-refractivity contribution in [2.75, 3.05) is 0 Å². The van der Waals surface area contributed by atoms with Gasteiger partial charge in [-0.05, 0) is 18.9 Å². The largest absolute Gasteiger partial charge is 0.508 e. The van der Waals surface area contributed by atoms with E-state index in [-0.39, 0.29) is 5.76 Å². The van der Waals surface area contributed by atoms with Crippen LogP contribution in [-0.2, 0) is 0 Å². The van der Waals surface area contributed by atoms with Crippen LogP contribution in [0.15, 0.2) is 53.9 Å². The van der Waals surface area contributed by atoms with Gasteiger partial charge >= 0.3 is 0 Å². The second-order valence-electron chi connectivity index (χ2n) is 1.71. The molecule has 0 radical (unpaired) electrons. The molecule has 11 heavy (non-hydrogen) atoms. The van der Waals surface area contributed by atoms with Gasteiger partial charge in [0.1, 0.15) is 5.76 Å². The van der Waals surface area contributed by atoms with Crippen molar-refractivity contribution in [2.24, 2.45) is 4.99 Å². The zero-order valence-corrected chi connectivity index (χ0v) is 6.27. The van der Waals surface area contributed by atoms with Gasteiger partial charge in [0, 0.05) is 6.20 Å². The number of allylic oxidation sites excluding steroid dienone is 5. The molecule has 0 bridgehead atoms. The molecule has 1 N–H and O–H groups in total. The molecule has 0 aromatic carbocycles. The maximum atomic E-state index is 9.01. The first-order valence-electron chi connectivity index (χ1n) is 3.12. The van der Waals surface area contributed by atoms with Gasteiger partial charge in [-0.3, -0.25) is 4.99 Å².